The lowest BCUT2D eigenvalue weighted by Crippen LogP contribution is -2.49. The molecule has 5 heteroatoms. The van der Waals surface area contributed by atoms with Crippen LogP contribution in [0.5, 0.6) is 0 Å². The number of hydrogen-bond acceptors (Lipinski definition) is 4. The standard InChI is InChI=1S/C16H30O4Si/c1-9-12-13(20-21(7,8)15(3,4)5)11(2)10-16(12,18)14(17)19-6/h9,11-13,18H,1,10H2,2-8H3/t11-,12-,13+,16+/m0/s1. The fourth-order valence-electron chi connectivity index (χ4n) is 2.80. The highest BCUT2D eigenvalue weighted by Crippen LogP contribution is 2.47. The van der Waals surface area contributed by atoms with Gasteiger partial charge in [-0.15, -0.1) is 6.58 Å². The molecule has 1 rings (SSSR count). The van der Waals surface area contributed by atoms with Crippen LogP contribution in [-0.2, 0) is 14.0 Å². The zero-order valence-corrected chi connectivity index (χ0v) is 15.4. The normalized spacial score (nSPS) is 33.8. The minimum atomic E-state index is -1.99. The van der Waals surface area contributed by atoms with Crippen LogP contribution in [0.3, 0.4) is 0 Å². The highest BCUT2D eigenvalue weighted by molar-refractivity contribution is 6.74. The van der Waals surface area contributed by atoms with E-state index in [1.807, 2.05) is 6.92 Å². The molecule has 0 saturated heterocycles. The number of carbonyl (C=O) groups is 1. The molecule has 1 aliphatic rings. The second-order valence-corrected chi connectivity index (χ2v) is 12.5. The predicted octanol–water partition coefficient (Wildman–Crippen LogP) is 3.12. The van der Waals surface area contributed by atoms with Gasteiger partial charge >= 0.3 is 5.97 Å². The summed E-state index contributed by atoms with van der Waals surface area (Å²) in [5.74, 6) is -0.958. The van der Waals surface area contributed by atoms with E-state index < -0.39 is 25.8 Å². The molecular weight excluding hydrogens is 284 g/mol. The number of esters is 1. The van der Waals surface area contributed by atoms with Crippen molar-refractivity contribution < 1.29 is 19.1 Å². The van der Waals surface area contributed by atoms with Crippen LogP contribution < -0.4 is 0 Å². The summed E-state index contributed by atoms with van der Waals surface area (Å²) in [5, 5.41) is 10.8. The number of rotatable bonds is 4. The molecule has 1 fully saturated rings. The van der Waals surface area contributed by atoms with Crippen molar-refractivity contribution in [1.82, 2.24) is 0 Å². The SMILES string of the molecule is C=C[C@H]1[C@H](O[Si](C)(C)C(C)(C)C)[C@@H](C)C[C@]1(O)C(=O)OC. The van der Waals surface area contributed by atoms with Gasteiger partial charge in [-0.05, 0) is 30.5 Å². The zero-order valence-electron chi connectivity index (χ0n) is 14.4. The fourth-order valence-corrected chi connectivity index (χ4v) is 4.21. The average Bonchev–Trinajstić information content (AvgIpc) is 2.58. The smallest absolute Gasteiger partial charge is 0.338 e. The molecule has 0 spiro atoms. The maximum Gasteiger partial charge on any atom is 0.338 e. The second kappa shape index (κ2) is 5.86. The van der Waals surface area contributed by atoms with Gasteiger partial charge in [0.05, 0.1) is 13.2 Å². The molecule has 0 bridgehead atoms. The minimum Gasteiger partial charge on any atom is -0.467 e. The monoisotopic (exact) mass is 314 g/mol. The Morgan fingerprint density at radius 1 is 1.43 bits per heavy atom. The van der Waals surface area contributed by atoms with Crippen molar-refractivity contribution in [3.05, 3.63) is 12.7 Å². The third-order valence-corrected chi connectivity index (χ3v) is 9.60. The Balaban J connectivity index is 3.09. The number of ether oxygens (including phenoxy) is 1. The highest BCUT2D eigenvalue weighted by Gasteiger charge is 2.57. The zero-order chi connectivity index (χ0) is 16.6. The van der Waals surface area contributed by atoms with Crippen LogP contribution in [0.25, 0.3) is 0 Å². The molecule has 4 atom stereocenters. The minimum absolute atomic E-state index is 0.0738. The van der Waals surface area contributed by atoms with Crippen LogP contribution in [0.15, 0.2) is 12.7 Å². The van der Waals surface area contributed by atoms with Crippen molar-refractivity contribution in [2.24, 2.45) is 11.8 Å². The Labute approximate surface area is 129 Å². The summed E-state index contributed by atoms with van der Waals surface area (Å²) in [7, 11) is -0.690. The van der Waals surface area contributed by atoms with Crippen LogP contribution in [-0.4, -0.2) is 38.2 Å². The third kappa shape index (κ3) is 3.25. The van der Waals surface area contributed by atoms with Crippen LogP contribution in [0.1, 0.15) is 34.1 Å². The van der Waals surface area contributed by atoms with E-state index in [0.717, 1.165) is 0 Å². The predicted molar refractivity (Wildman–Crippen MR) is 86.5 cm³/mol. The van der Waals surface area contributed by atoms with Gasteiger partial charge in [0.25, 0.3) is 0 Å². The van der Waals surface area contributed by atoms with Crippen molar-refractivity contribution in [3.63, 3.8) is 0 Å². The van der Waals surface area contributed by atoms with Crippen molar-refractivity contribution in [3.8, 4) is 0 Å². The molecule has 1 N–H and O–H groups in total. The van der Waals surface area contributed by atoms with E-state index in [4.69, 9.17) is 9.16 Å². The van der Waals surface area contributed by atoms with Crippen LogP contribution >= 0.6 is 0 Å². The molecule has 0 radical (unpaired) electrons. The van der Waals surface area contributed by atoms with E-state index in [1.165, 1.54) is 7.11 Å². The topological polar surface area (TPSA) is 55.8 Å². The van der Waals surface area contributed by atoms with Gasteiger partial charge in [0.2, 0.25) is 0 Å². The quantitative estimate of drug-likeness (QED) is 0.492. The van der Waals surface area contributed by atoms with E-state index in [-0.39, 0.29) is 17.1 Å². The Morgan fingerprint density at radius 2 is 1.95 bits per heavy atom. The first-order chi connectivity index (χ1) is 9.40. The molecule has 0 aromatic rings. The van der Waals surface area contributed by atoms with Gasteiger partial charge in [0, 0.05) is 5.92 Å². The summed E-state index contributed by atoms with van der Waals surface area (Å²) in [6, 6.07) is 0. The van der Waals surface area contributed by atoms with Gasteiger partial charge in [0.15, 0.2) is 13.9 Å². The maximum atomic E-state index is 12.0. The number of aliphatic hydroxyl groups is 1. The van der Waals surface area contributed by atoms with Gasteiger partial charge in [0.1, 0.15) is 0 Å². The van der Waals surface area contributed by atoms with E-state index >= 15 is 0 Å². The third-order valence-electron chi connectivity index (χ3n) is 5.13. The van der Waals surface area contributed by atoms with E-state index in [1.54, 1.807) is 6.08 Å². The molecule has 0 aromatic heterocycles. The highest BCUT2D eigenvalue weighted by atomic mass is 28.4. The van der Waals surface area contributed by atoms with Gasteiger partial charge in [-0.2, -0.15) is 0 Å². The Kier molecular flexibility index (Phi) is 5.13. The molecule has 21 heavy (non-hydrogen) atoms. The van der Waals surface area contributed by atoms with Crippen molar-refractivity contribution >= 4 is 14.3 Å². The Bertz CT molecular complexity index is 413. The number of methoxy groups -OCH3 is 1. The molecule has 0 heterocycles. The Hall–Kier alpha value is -0.653. The molecular formula is C16H30O4Si. The lowest BCUT2D eigenvalue weighted by molar-refractivity contribution is -0.165. The van der Waals surface area contributed by atoms with Crippen LogP contribution in [0.2, 0.25) is 18.1 Å². The summed E-state index contributed by atoms with van der Waals surface area (Å²) in [4.78, 5) is 12.0. The summed E-state index contributed by atoms with van der Waals surface area (Å²) in [6.07, 6.45) is 1.78. The number of hydrogen-bond donors (Lipinski definition) is 1. The van der Waals surface area contributed by atoms with E-state index in [0.29, 0.717) is 6.42 Å². The van der Waals surface area contributed by atoms with E-state index in [9.17, 15) is 9.90 Å². The summed E-state index contributed by atoms with van der Waals surface area (Å²) < 4.78 is 11.3. The van der Waals surface area contributed by atoms with Gasteiger partial charge in [-0.25, -0.2) is 4.79 Å². The second-order valence-electron chi connectivity index (χ2n) is 7.70. The van der Waals surface area contributed by atoms with Crippen molar-refractivity contribution in [2.75, 3.05) is 7.11 Å². The molecule has 1 aliphatic carbocycles. The first-order valence-electron chi connectivity index (χ1n) is 7.52. The largest absolute Gasteiger partial charge is 0.467 e. The van der Waals surface area contributed by atoms with E-state index in [2.05, 4.69) is 40.4 Å². The molecule has 0 amide bonds. The lowest BCUT2D eigenvalue weighted by Gasteiger charge is -2.41. The number of carbonyl (C=O) groups excluding carboxylic acids is 1. The first-order valence-corrected chi connectivity index (χ1v) is 10.4. The Morgan fingerprint density at radius 3 is 2.33 bits per heavy atom. The van der Waals surface area contributed by atoms with Crippen molar-refractivity contribution in [2.45, 2.75) is 64.0 Å². The molecule has 0 aliphatic heterocycles. The maximum absolute atomic E-state index is 12.0. The molecule has 0 unspecified atom stereocenters. The van der Waals surface area contributed by atoms with Crippen molar-refractivity contribution in [1.29, 1.82) is 0 Å². The summed E-state index contributed by atoms with van der Waals surface area (Å²) >= 11 is 0. The molecule has 122 valence electrons. The molecule has 0 aromatic carbocycles. The lowest BCUT2D eigenvalue weighted by atomic mass is 9.90. The molecule has 1 saturated carbocycles. The first kappa shape index (κ1) is 18.4. The summed E-state index contributed by atoms with van der Waals surface area (Å²) in [5.41, 5.74) is -1.52. The van der Waals surface area contributed by atoms with Gasteiger partial charge in [-0.3, -0.25) is 0 Å². The molecule has 4 nitrogen and oxygen atoms in total. The van der Waals surface area contributed by atoms with Gasteiger partial charge in [-0.1, -0.05) is 33.8 Å². The van der Waals surface area contributed by atoms with Crippen LogP contribution in [0, 0.1) is 11.8 Å². The summed E-state index contributed by atoms with van der Waals surface area (Å²) in [6.45, 7) is 16.7. The van der Waals surface area contributed by atoms with Gasteiger partial charge < -0.3 is 14.3 Å². The fraction of sp³-hybridized carbons (Fsp3) is 0.812. The average molecular weight is 314 g/mol. The van der Waals surface area contributed by atoms with Crippen LogP contribution in [0.4, 0.5) is 0 Å².